The third-order valence-corrected chi connectivity index (χ3v) is 4.03. The Morgan fingerprint density at radius 3 is 2.91 bits per heavy atom. The Hall–Kier alpha value is -2.36. The molecule has 22 heavy (non-hydrogen) atoms. The average molecular weight is 316 g/mol. The molecule has 0 spiro atoms. The van der Waals surface area contributed by atoms with Crippen LogP contribution in [0.5, 0.6) is 5.75 Å². The fourth-order valence-electron chi connectivity index (χ4n) is 1.88. The van der Waals surface area contributed by atoms with Crippen molar-refractivity contribution in [3.63, 3.8) is 0 Å². The zero-order valence-electron chi connectivity index (χ0n) is 12.4. The molecular formula is C16H16N2O3S. The van der Waals surface area contributed by atoms with E-state index in [1.54, 1.807) is 20.3 Å². The van der Waals surface area contributed by atoms with Crippen LogP contribution in [0.25, 0.3) is 16.2 Å². The molecule has 5 nitrogen and oxygen atoms in total. The highest BCUT2D eigenvalue weighted by Crippen LogP contribution is 2.30. The van der Waals surface area contributed by atoms with E-state index in [2.05, 4.69) is 5.32 Å². The molecule has 0 atom stereocenters. The number of nitriles is 1. The Labute approximate surface area is 132 Å². The summed E-state index contributed by atoms with van der Waals surface area (Å²) in [5.41, 5.74) is 0.0784. The minimum atomic E-state index is -0.394. The normalized spacial score (nSPS) is 11.2. The molecule has 2 aromatic rings. The van der Waals surface area contributed by atoms with Gasteiger partial charge in [-0.2, -0.15) is 5.26 Å². The Bertz CT molecular complexity index is 743. The summed E-state index contributed by atoms with van der Waals surface area (Å²) < 4.78 is 11.1. The van der Waals surface area contributed by atoms with Crippen LogP contribution in [0, 0.1) is 11.3 Å². The summed E-state index contributed by atoms with van der Waals surface area (Å²) in [7, 11) is 3.17. The number of benzene rings is 1. The number of nitrogens with zero attached hydrogens (tertiary/aromatic N) is 1. The van der Waals surface area contributed by atoms with E-state index in [9.17, 15) is 4.79 Å². The number of carbonyl (C=O) groups is 1. The van der Waals surface area contributed by atoms with Crippen LogP contribution in [0.15, 0.2) is 29.8 Å². The van der Waals surface area contributed by atoms with Crippen molar-refractivity contribution in [3.8, 4) is 11.8 Å². The van der Waals surface area contributed by atoms with Gasteiger partial charge in [-0.25, -0.2) is 0 Å². The number of nitrogens with one attached hydrogen (secondary N) is 1. The predicted molar refractivity (Wildman–Crippen MR) is 86.9 cm³/mol. The van der Waals surface area contributed by atoms with Crippen LogP contribution in [0.1, 0.15) is 4.88 Å². The lowest BCUT2D eigenvalue weighted by atomic mass is 10.2. The number of rotatable bonds is 6. The molecule has 0 radical (unpaired) electrons. The van der Waals surface area contributed by atoms with Crippen molar-refractivity contribution in [1.82, 2.24) is 5.32 Å². The third kappa shape index (κ3) is 3.85. The summed E-state index contributed by atoms with van der Waals surface area (Å²) in [5, 5.41) is 12.8. The largest absolute Gasteiger partial charge is 0.497 e. The number of fused-ring (bicyclic) bond motifs is 1. The van der Waals surface area contributed by atoms with Gasteiger partial charge in [-0.05, 0) is 35.7 Å². The topological polar surface area (TPSA) is 71.3 Å². The summed E-state index contributed by atoms with van der Waals surface area (Å²) in [5.74, 6) is 0.386. The first-order valence-corrected chi connectivity index (χ1v) is 7.46. The maximum Gasteiger partial charge on any atom is 0.262 e. The number of hydrogen-bond donors (Lipinski definition) is 1. The highest BCUT2D eigenvalue weighted by molar-refractivity contribution is 7.19. The number of amides is 1. The Kier molecular flexibility index (Phi) is 5.53. The maximum atomic E-state index is 11.9. The first-order chi connectivity index (χ1) is 10.7. The molecule has 1 amide bonds. The lowest BCUT2D eigenvalue weighted by molar-refractivity contribution is -0.117. The van der Waals surface area contributed by atoms with Crippen molar-refractivity contribution in [2.75, 3.05) is 27.4 Å². The van der Waals surface area contributed by atoms with Crippen LogP contribution in [-0.4, -0.2) is 33.3 Å². The van der Waals surface area contributed by atoms with Crippen LogP contribution in [0.4, 0.5) is 0 Å². The van der Waals surface area contributed by atoms with Gasteiger partial charge in [0.1, 0.15) is 17.4 Å². The van der Waals surface area contributed by atoms with Crippen molar-refractivity contribution >= 4 is 33.4 Å². The maximum absolute atomic E-state index is 11.9. The van der Waals surface area contributed by atoms with E-state index in [1.807, 2.05) is 30.3 Å². The smallest absolute Gasteiger partial charge is 0.262 e. The van der Waals surface area contributed by atoms with E-state index < -0.39 is 5.91 Å². The summed E-state index contributed by atoms with van der Waals surface area (Å²) in [6.45, 7) is 0.783. The molecule has 0 fully saturated rings. The van der Waals surface area contributed by atoms with Gasteiger partial charge in [-0.15, -0.1) is 11.3 Å². The van der Waals surface area contributed by atoms with Gasteiger partial charge in [0.2, 0.25) is 0 Å². The highest BCUT2D eigenvalue weighted by Gasteiger charge is 2.09. The van der Waals surface area contributed by atoms with Crippen molar-refractivity contribution in [2.24, 2.45) is 0 Å². The zero-order chi connectivity index (χ0) is 15.9. The molecule has 1 aromatic carbocycles. The first kappa shape index (κ1) is 16.0. The number of hydrogen-bond acceptors (Lipinski definition) is 5. The number of carbonyl (C=O) groups excluding carboxylic acids is 1. The fraction of sp³-hybridized carbons (Fsp3) is 0.250. The Morgan fingerprint density at radius 2 is 2.23 bits per heavy atom. The van der Waals surface area contributed by atoms with Crippen molar-refractivity contribution in [3.05, 3.63) is 34.7 Å². The second-order valence-electron chi connectivity index (χ2n) is 4.47. The third-order valence-electron chi connectivity index (χ3n) is 2.99. The van der Waals surface area contributed by atoms with Gasteiger partial charge in [-0.3, -0.25) is 4.79 Å². The molecule has 1 heterocycles. The van der Waals surface area contributed by atoms with Crippen molar-refractivity contribution < 1.29 is 14.3 Å². The van der Waals surface area contributed by atoms with E-state index in [0.29, 0.717) is 13.2 Å². The molecule has 6 heteroatoms. The van der Waals surface area contributed by atoms with Gasteiger partial charge in [-0.1, -0.05) is 0 Å². The van der Waals surface area contributed by atoms with Crippen LogP contribution < -0.4 is 10.1 Å². The van der Waals surface area contributed by atoms with Gasteiger partial charge < -0.3 is 14.8 Å². The molecule has 0 bridgehead atoms. The predicted octanol–water partition coefficient (Wildman–Crippen LogP) is 2.58. The molecule has 0 unspecified atom stereocenters. The van der Waals surface area contributed by atoms with Crippen LogP contribution in [0.3, 0.4) is 0 Å². The molecule has 1 aromatic heterocycles. The molecule has 114 valence electrons. The van der Waals surface area contributed by atoms with Gasteiger partial charge in [0, 0.05) is 23.2 Å². The second-order valence-corrected chi connectivity index (χ2v) is 5.59. The standard InChI is InChI=1S/C16H16N2O3S/c1-20-6-5-18-16(19)12(10-17)8-14-7-11-3-4-13(21-2)9-15(11)22-14/h3-4,7-9H,5-6H2,1-2H3,(H,18,19)/b12-8+. The summed E-state index contributed by atoms with van der Waals surface area (Å²) in [6.07, 6.45) is 1.60. The Morgan fingerprint density at radius 1 is 1.41 bits per heavy atom. The van der Waals surface area contributed by atoms with E-state index >= 15 is 0 Å². The van der Waals surface area contributed by atoms with Crippen LogP contribution in [0.2, 0.25) is 0 Å². The van der Waals surface area contributed by atoms with Crippen molar-refractivity contribution in [1.29, 1.82) is 5.26 Å². The average Bonchev–Trinajstić information content (AvgIpc) is 2.93. The summed E-state index contributed by atoms with van der Waals surface area (Å²) in [6, 6.07) is 9.64. The van der Waals surface area contributed by atoms with Crippen molar-refractivity contribution in [2.45, 2.75) is 0 Å². The molecular weight excluding hydrogens is 300 g/mol. The molecule has 2 rings (SSSR count). The second kappa shape index (κ2) is 7.59. The van der Waals surface area contributed by atoms with E-state index in [-0.39, 0.29) is 5.57 Å². The number of thiophene rings is 1. The SMILES string of the molecule is COCCNC(=O)/C(C#N)=C/c1cc2ccc(OC)cc2s1. The van der Waals surface area contributed by atoms with Gasteiger partial charge in [0.25, 0.3) is 5.91 Å². The molecule has 0 aliphatic heterocycles. The fourth-order valence-corrected chi connectivity index (χ4v) is 2.92. The van der Waals surface area contributed by atoms with Crippen LogP contribution in [-0.2, 0) is 9.53 Å². The molecule has 0 aliphatic rings. The molecule has 0 saturated heterocycles. The highest BCUT2D eigenvalue weighted by atomic mass is 32.1. The minimum absolute atomic E-state index is 0.0784. The van der Waals surface area contributed by atoms with Gasteiger partial charge >= 0.3 is 0 Å². The summed E-state index contributed by atoms with van der Waals surface area (Å²) in [4.78, 5) is 12.7. The summed E-state index contributed by atoms with van der Waals surface area (Å²) >= 11 is 1.50. The molecule has 0 aliphatic carbocycles. The first-order valence-electron chi connectivity index (χ1n) is 6.64. The quantitative estimate of drug-likeness (QED) is 0.505. The lowest BCUT2D eigenvalue weighted by Crippen LogP contribution is -2.27. The van der Waals surface area contributed by atoms with Gasteiger partial charge in [0.05, 0.1) is 13.7 Å². The minimum Gasteiger partial charge on any atom is -0.497 e. The van der Waals surface area contributed by atoms with E-state index in [1.165, 1.54) is 11.3 Å². The molecule has 1 N–H and O–H groups in total. The number of ether oxygens (including phenoxy) is 2. The zero-order valence-corrected chi connectivity index (χ0v) is 13.2. The Balaban J connectivity index is 2.22. The van der Waals surface area contributed by atoms with E-state index in [0.717, 1.165) is 20.7 Å². The van der Waals surface area contributed by atoms with Crippen LogP contribution >= 0.6 is 11.3 Å². The van der Waals surface area contributed by atoms with Gasteiger partial charge in [0.15, 0.2) is 0 Å². The molecule has 0 saturated carbocycles. The lowest BCUT2D eigenvalue weighted by Gasteiger charge is -2.02. The van der Waals surface area contributed by atoms with E-state index in [4.69, 9.17) is 14.7 Å². The monoisotopic (exact) mass is 316 g/mol. The number of methoxy groups -OCH3 is 2.